The third kappa shape index (κ3) is 5.43. The summed E-state index contributed by atoms with van der Waals surface area (Å²) in [6, 6.07) is 16.4. The summed E-state index contributed by atoms with van der Waals surface area (Å²) >= 11 is 1.14. The Hall–Kier alpha value is -3.17. The lowest BCUT2D eigenvalue weighted by atomic mass is 10.1. The van der Waals surface area contributed by atoms with Crippen molar-refractivity contribution in [3.8, 4) is 0 Å². The first-order valence-corrected chi connectivity index (χ1v) is 11.0. The van der Waals surface area contributed by atoms with Crippen LogP contribution in [-0.4, -0.2) is 27.3 Å². The van der Waals surface area contributed by atoms with Crippen molar-refractivity contribution >= 4 is 44.5 Å². The average Bonchev–Trinajstić information content (AvgIpc) is 3.25. The molecular formula is C20H19N3O4S2. The van der Waals surface area contributed by atoms with Gasteiger partial charge in [-0.3, -0.25) is 14.3 Å². The Bertz CT molecular complexity index is 1090. The van der Waals surface area contributed by atoms with Gasteiger partial charge in [-0.2, -0.15) is 0 Å². The van der Waals surface area contributed by atoms with Crippen molar-refractivity contribution in [2.75, 3.05) is 17.1 Å². The number of rotatable bonds is 7. The maximum Gasteiger partial charge on any atom is 0.271 e. The fourth-order valence-electron chi connectivity index (χ4n) is 2.55. The van der Waals surface area contributed by atoms with E-state index in [1.165, 1.54) is 6.07 Å². The molecule has 150 valence electrons. The van der Waals surface area contributed by atoms with Crippen LogP contribution in [0, 0.1) is 0 Å². The van der Waals surface area contributed by atoms with Gasteiger partial charge >= 0.3 is 0 Å². The molecule has 0 aliphatic carbocycles. The van der Waals surface area contributed by atoms with Crippen LogP contribution in [0.15, 0.2) is 70.3 Å². The first-order chi connectivity index (χ1) is 13.9. The maximum absolute atomic E-state index is 12.2. The summed E-state index contributed by atoms with van der Waals surface area (Å²) in [5, 5.41) is 6.99. The highest BCUT2D eigenvalue weighted by atomic mass is 32.2. The molecule has 29 heavy (non-hydrogen) atoms. The molecule has 0 radical (unpaired) electrons. The molecule has 3 rings (SSSR count). The van der Waals surface area contributed by atoms with E-state index >= 15 is 0 Å². The Balaban J connectivity index is 1.58. The Morgan fingerprint density at radius 1 is 0.931 bits per heavy atom. The largest absolute Gasteiger partial charge is 0.355 e. The predicted octanol–water partition coefficient (Wildman–Crippen LogP) is 3.09. The van der Waals surface area contributed by atoms with Gasteiger partial charge in [-0.25, -0.2) is 8.42 Å². The van der Waals surface area contributed by atoms with Gasteiger partial charge in [0.2, 0.25) is 5.91 Å². The van der Waals surface area contributed by atoms with Crippen LogP contribution in [-0.2, 0) is 21.2 Å². The summed E-state index contributed by atoms with van der Waals surface area (Å²) in [4.78, 5) is 23.8. The lowest BCUT2D eigenvalue weighted by Crippen LogP contribution is -2.18. The van der Waals surface area contributed by atoms with E-state index in [2.05, 4.69) is 15.4 Å². The number of amides is 2. The summed E-state index contributed by atoms with van der Waals surface area (Å²) in [5.74, 6) is -0.415. The molecule has 2 aromatic carbocycles. The molecule has 0 spiro atoms. The zero-order valence-electron chi connectivity index (χ0n) is 15.5. The molecular weight excluding hydrogens is 410 g/mol. The standard InChI is InChI=1S/C20H19N3O4S2/c1-21-20(25)15-6-10-16(11-7-15)22-18(24)13-14-4-8-17(9-5-14)23-29(26,27)19-3-2-12-28-19/h2-12,23H,13H2,1H3,(H,21,25)(H,22,24). The monoisotopic (exact) mass is 429 g/mol. The first kappa shape index (κ1) is 20.6. The smallest absolute Gasteiger partial charge is 0.271 e. The van der Waals surface area contributed by atoms with Crippen molar-refractivity contribution in [3.05, 3.63) is 77.2 Å². The van der Waals surface area contributed by atoms with Gasteiger partial charge in [0.15, 0.2) is 0 Å². The molecule has 3 N–H and O–H groups in total. The lowest BCUT2D eigenvalue weighted by molar-refractivity contribution is -0.115. The van der Waals surface area contributed by atoms with Gasteiger partial charge in [-0.15, -0.1) is 11.3 Å². The highest BCUT2D eigenvalue weighted by Crippen LogP contribution is 2.20. The molecule has 0 saturated carbocycles. The third-order valence-corrected chi connectivity index (χ3v) is 6.77. The van der Waals surface area contributed by atoms with Gasteiger partial charge in [0.25, 0.3) is 15.9 Å². The summed E-state index contributed by atoms with van der Waals surface area (Å²) < 4.78 is 27.2. The van der Waals surface area contributed by atoms with E-state index in [9.17, 15) is 18.0 Å². The SMILES string of the molecule is CNC(=O)c1ccc(NC(=O)Cc2ccc(NS(=O)(=O)c3cccs3)cc2)cc1. The predicted molar refractivity (Wildman–Crippen MR) is 114 cm³/mol. The van der Waals surface area contributed by atoms with Crippen LogP contribution in [0.5, 0.6) is 0 Å². The minimum atomic E-state index is -3.60. The van der Waals surface area contributed by atoms with Crippen LogP contribution in [0.1, 0.15) is 15.9 Å². The molecule has 0 atom stereocenters. The number of hydrogen-bond donors (Lipinski definition) is 3. The van der Waals surface area contributed by atoms with Crippen LogP contribution in [0.4, 0.5) is 11.4 Å². The number of anilines is 2. The lowest BCUT2D eigenvalue weighted by Gasteiger charge is -2.08. The number of nitrogens with one attached hydrogen (secondary N) is 3. The van der Waals surface area contributed by atoms with Gasteiger partial charge < -0.3 is 10.6 Å². The number of thiophene rings is 1. The van der Waals surface area contributed by atoms with Crippen LogP contribution < -0.4 is 15.4 Å². The minimum absolute atomic E-state index is 0.134. The summed E-state index contributed by atoms with van der Waals surface area (Å²) in [7, 11) is -2.05. The zero-order chi connectivity index (χ0) is 20.9. The van der Waals surface area contributed by atoms with Gasteiger partial charge in [0.05, 0.1) is 6.42 Å². The van der Waals surface area contributed by atoms with Crippen molar-refractivity contribution in [3.63, 3.8) is 0 Å². The highest BCUT2D eigenvalue weighted by molar-refractivity contribution is 7.94. The second-order valence-electron chi connectivity index (χ2n) is 6.12. The first-order valence-electron chi connectivity index (χ1n) is 8.64. The number of benzene rings is 2. The summed E-state index contributed by atoms with van der Waals surface area (Å²) in [6.07, 6.45) is 0.134. The quantitative estimate of drug-likeness (QED) is 0.537. The van der Waals surface area contributed by atoms with Crippen molar-refractivity contribution < 1.29 is 18.0 Å². The van der Waals surface area contributed by atoms with Crippen molar-refractivity contribution in [2.24, 2.45) is 0 Å². The van der Waals surface area contributed by atoms with Crippen molar-refractivity contribution in [1.29, 1.82) is 0 Å². The van der Waals surface area contributed by atoms with E-state index in [-0.39, 0.29) is 22.4 Å². The van der Waals surface area contributed by atoms with E-state index in [4.69, 9.17) is 0 Å². The van der Waals surface area contributed by atoms with Gasteiger partial charge in [-0.1, -0.05) is 18.2 Å². The topological polar surface area (TPSA) is 104 Å². The average molecular weight is 430 g/mol. The summed E-state index contributed by atoms with van der Waals surface area (Å²) in [5.41, 5.74) is 2.25. The molecule has 2 amide bonds. The van der Waals surface area contributed by atoms with Gasteiger partial charge in [0.1, 0.15) is 4.21 Å². The van der Waals surface area contributed by atoms with Gasteiger partial charge in [-0.05, 0) is 53.4 Å². The zero-order valence-corrected chi connectivity index (χ0v) is 17.1. The van der Waals surface area contributed by atoms with E-state index < -0.39 is 10.0 Å². The molecule has 0 aliphatic rings. The van der Waals surface area contributed by atoms with E-state index in [0.29, 0.717) is 16.9 Å². The Labute approximate surface area is 172 Å². The highest BCUT2D eigenvalue weighted by Gasteiger charge is 2.15. The number of carbonyl (C=O) groups is 2. The number of sulfonamides is 1. The van der Waals surface area contributed by atoms with Crippen LogP contribution in [0.2, 0.25) is 0 Å². The molecule has 0 fully saturated rings. The molecule has 0 saturated heterocycles. The van der Waals surface area contributed by atoms with Gasteiger partial charge in [0, 0.05) is 24.0 Å². The van der Waals surface area contributed by atoms with E-state index in [1.807, 2.05) is 0 Å². The van der Waals surface area contributed by atoms with E-state index in [1.54, 1.807) is 67.0 Å². The number of hydrogen-bond acceptors (Lipinski definition) is 5. The fraction of sp³-hybridized carbons (Fsp3) is 0.100. The molecule has 9 heteroatoms. The molecule has 1 heterocycles. The van der Waals surface area contributed by atoms with Crippen LogP contribution >= 0.6 is 11.3 Å². The normalized spacial score (nSPS) is 10.9. The minimum Gasteiger partial charge on any atom is -0.355 e. The molecule has 0 aliphatic heterocycles. The fourth-order valence-corrected chi connectivity index (χ4v) is 4.60. The Kier molecular flexibility index (Phi) is 6.30. The second kappa shape index (κ2) is 8.89. The number of carbonyl (C=O) groups excluding carboxylic acids is 2. The molecule has 7 nitrogen and oxygen atoms in total. The maximum atomic E-state index is 12.2. The van der Waals surface area contributed by atoms with Crippen LogP contribution in [0.3, 0.4) is 0 Å². The molecule has 0 bridgehead atoms. The second-order valence-corrected chi connectivity index (χ2v) is 8.97. The van der Waals surface area contributed by atoms with Crippen molar-refractivity contribution in [2.45, 2.75) is 10.6 Å². The third-order valence-electron chi connectivity index (χ3n) is 3.99. The summed E-state index contributed by atoms with van der Waals surface area (Å²) in [6.45, 7) is 0. The molecule has 3 aromatic rings. The van der Waals surface area contributed by atoms with E-state index in [0.717, 1.165) is 16.9 Å². The Morgan fingerprint density at radius 2 is 1.59 bits per heavy atom. The molecule has 0 unspecified atom stereocenters. The molecule has 1 aromatic heterocycles. The van der Waals surface area contributed by atoms with Crippen molar-refractivity contribution in [1.82, 2.24) is 5.32 Å². The van der Waals surface area contributed by atoms with Crippen LogP contribution in [0.25, 0.3) is 0 Å². The Morgan fingerprint density at radius 3 is 2.17 bits per heavy atom.